The average Bonchev–Trinajstić information content (AvgIpc) is 3.42. The molecule has 3 aromatic rings. The van der Waals surface area contributed by atoms with Crippen molar-refractivity contribution < 1.29 is 35.9 Å². The second-order valence-electron chi connectivity index (χ2n) is 9.75. The Morgan fingerprint density at radius 2 is 1.59 bits per heavy atom. The van der Waals surface area contributed by atoms with Gasteiger partial charge in [-0.3, -0.25) is 4.79 Å². The highest BCUT2D eigenvalue weighted by molar-refractivity contribution is 7.91. The summed E-state index contributed by atoms with van der Waals surface area (Å²) in [4.78, 5) is 27.6. The van der Waals surface area contributed by atoms with E-state index in [0.29, 0.717) is 29.8 Å². The molecule has 1 amide bonds. The van der Waals surface area contributed by atoms with Crippen molar-refractivity contribution in [2.75, 3.05) is 23.8 Å². The van der Waals surface area contributed by atoms with Crippen LogP contribution >= 0.6 is 0 Å². The van der Waals surface area contributed by atoms with Gasteiger partial charge in [-0.05, 0) is 73.0 Å². The Bertz CT molecular complexity index is 1470. The van der Waals surface area contributed by atoms with E-state index in [2.05, 4.69) is 5.32 Å². The molecule has 1 saturated heterocycles. The van der Waals surface area contributed by atoms with Crippen molar-refractivity contribution in [3.05, 3.63) is 95.1 Å². The number of benzene rings is 3. The van der Waals surface area contributed by atoms with Crippen molar-refractivity contribution in [2.45, 2.75) is 49.8 Å². The predicted octanol–water partition coefficient (Wildman–Crippen LogP) is 5.35. The van der Waals surface area contributed by atoms with Gasteiger partial charge in [-0.1, -0.05) is 31.2 Å². The maximum Gasteiger partial charge on any atom is 0.416 e. The standard InChI is InChI=1S/C30H31F3N2O5S/c1-3-40-29(37)27-17-23(21-7-11-24(12-8-21)30(31,32)33)19-35(27)25-13-9-22(10-14-25)28(36)34-18-20-5-15-26(16-6-20)41(38,39)4-2/h5-16,23,27H,3-4,17-19H2,1-2H3,(H,34,36)/t23?,27-/m0/s1. The van der Waals surface area contributed by atoms with E-state index in [1.807, 2.05) is 4.90 Å². The monoisotopic (exact) mass is 588 g/mol. The number of nitrogens with one attached hydrogen (secondary N) is 1. The zero-order chi connectivity index (χ0) is 29.8. The quantitative estimate of drug-likeness (QED) is 0.339. The molecule has 4 rings (SSSR count). The van der Waals surface area contributed by atoms with Crippen molar-refractivity contribution in [1.29, 1.82) is 0 Å². The van der Waals surface area contributed by atoms with Crippen molar-refractivity contribution in [2.24, 2.45) is 0 Å². The van der Waals surface area contributed by atoms with Crippen LogP contribution in [0.2, 0.25) is 0 Å². The summed E-state index contributed by atoms with van der Waals surface area (Å²) < 4.78 is 68.2. The molecule has 2 atom stereocenters. The number of hydrogen-bond acceptors (Lipinski definition) is 6. The Morgan fingerprint density at radius 3 is 2.15 bits per heavy atom. The van der Waals surface area contributed by atoms with E-state index in [9.17, 15) is 31.2 Å². The minimum absolute atomic E-state index is 0.00670. The van der Waals surface area contributed by atoms with Gasteiger partial charge in [0.25, 0.3) is 5.91 Å². The molecule has 1 fully saturated rings. The summed E-state index contributed by atoms with van der Waals surface area (Å²) in [6, 6.07) is 17.4. The van der Waals surface area contributed by atoms with Gasteiger partial charge in [0, 0.05) is 30.3 Å². The lowest BCUT2D eigenvalue weighted by atomic mass is 9.95. The summed E-state index contributed by atoms with van der Waals surface area (Å²) in [5.74, 6) is -0.921. The first-order valence-electron chi connectivity index (χ1n) is 13.2. The topological polar surface area (TPSA) is 92.8 Å². The van der Waals surface area contributed by atoms with Gasteiger partial charge in [-0.2, -0.15) is 13.2 Å². The van der Waals surface area contributed by atoms with Gasteiger partial charge in [0.15, 0.2) is 9.84 Å². The third-order valence-corrected chi connectivity index (χ3v) is 8.90. The number of esters is 1. The fourth-order valence-electron chi connectivity index (χ4n) is 4.84. The van der Waals surface area contributed by atoms with E-state index in [4.69, 9.17) is 4.74 Å². The zero-order valence-electron chi connectivity index (χ0n) is 22.6. The summed E-state index contributed by atoms with van der Waals surface area (Å²) in [6.07, 6.45) is -4.05. The molecule has 41 heavy (non-hydrogen) atoms. The molecule has 0 bridgehead atoms. The summed E-state index contributed by atoms with van der Waals surface area (Å²) >= 11 is 0. The van der Waals surface area contributed by atoms with Gasteiger partial charge in [-0.15, -0.1) is 0 Å². The van der Waals surface area contributed by atoms with E-state index < -0.39 is 33.6 Å². The molecule has 1 unspecified atom stereocenters. The summed E-state index contributed by atoms with van der Waals surface area (Å²) in [5, 5.41) is 2.81. The first-order valence-corrected chi connectivity index (χ1v) is 14.9. The van der Waals surface area contributed by atoms with Crippen molar-refractivity contribution >= 4 is 27.4 Å². The van der Waals surface area contributed by atoms with Crippen LogP contribution in [0.5, 0.6) is 0 Å². The van der Waals surface area contributed by atoms with Crippen LogP contribution in [0.1, 0.15) is 53.2 Å². The molecule has 0 saturated carbocycles. The molecule has 1 aliphatic rings. The van der Waals surface area contributed by atoms with E-state index >= 15 is 0 Å². The number of amides is 1. The lowest BCUT2D eigenvalue weighted by Crippen LogP contribution is -2.37. The fourth-order valence-corrected chi connectivity index (χ4v) is 5.72. The molecule has 0 radical (unpaired) electrons. The molecule has 11 heteroatoms. The van der Waals surface area contributed by atoms with E-state index in [0.717, 1.165) is 17.7 Å². The van der Waals surface area contributed by atoms with Crippen LogP contribution in [0.25, 0.3) is 0 Å². The lowest BCUT2D eigenvalue weighted by Gasteiger charge is -2.25. The predicted molar refractivity (Wildman–Crippen MR) is 148 cm³/mol. The molecule has 3 aromatic carbocycles. The molecular weight excluding hydrogens is 557 g/mol. The van der Waals surface area contributed by atoms with Crippen LogP contribution in [0.4, 0.5) is 18.9 Å². The molecule has 1 N–H and O–H groups in total. The molecule has 7 nitrogen and oxygen atoms in total. The second kappa shape index (κ2) is 12.3. The molecule has 0 spiro atoms. The number of carbonyl (C=O) groups excluding carboxylic acids is 2. The number of anilines is 1. The lowest BCUT2D eigenvalue weighted by molar-refractivity contribution is -0.144. The van der Waals surface area contributed by atoms with Crippen LogP contribution in [-0.4, -0.2) is 45.2 Å². The third kappa shape index (κ3) is 7.08. The van der Waals surface area contributed by atoms with Crippen LogP contribution in [-0.2, 0) is 32.1 Å². The summed E-state index contributed by atoms with van der Waals surface area (Å²) in [6.45, 7) is 4.08. The Kier molecular flexibility index (Phi) is 9.06. The van der Waals surface area contributed by atoms with Crippen LogP contribution < -0.4 is 10.2 Å². The van der Waals surface area contributed by atoms with Crippen LogP contribution in [0.15, 0.2) is 77.7 Å². The largest absolute Gasteiger partial charge is 0.464 e. The molecule has 0 aliphatic carbocycles. The number of sulfone groups is 1. The first kappa shape index (κ1) is 30.1. The number of carbonyl (C=O) groups is 2. The number of hydrogen-bond donors (Lipinski definition) is 1. The minimum Gasteiger partial charge on any atom is -0.464 e. The maximum atomic E-state index is 13.0. The Hall–Kier alpha value is -3.86. The smallest absolute Gasteiger partial charge is 0.416 e. The van der Waals surface area contributed by atoms with E-state index in [-0.39, 0.29) is 35.6 Å². The van der Waals surface area contributed by atoms with Crippen LogP contribution in [0, 0.1) is 0 Å². The molecule has 218 valence electrons. The molecule has 0 aromatic heterocycles. The summed E-state index contributed by atoms with van der Waals surface area (Å²) in [5.41, 5.74) is 1.79. The Morgan fingerprint density at radius 1 is 0.951 bits per heavy atom. The van der Waals surface area contributed by atoms with Crippen molar-refractivity contribution in [1.82, 2.24) is 5.32 Å². The highest BCUT2D eigenvalue weighted by atomic mass is 32.2. The van der Waals surface area contributed by atoms with Crippen molar-refractivity contribution in [3.8, 4) is 0 Å². The number of halogens is 3. The van der Waals surface area contributed by atoms with Gasteiger partial charge in [-0.25, -0.2) is 13.2 Å². The van der Waals surface area contributed by atoms with E-state index in [1.54, 1.807) is 50.2 Å². The van der Waals surface area contributed by atoms with Crippen LogP contribution in [0.3, 0.4) is 0 Å². The number of nitrogens with zero attached hydrogens (tertiary/aromatic N) is 1. The van der Waals surface area contributed by atoms with Gasteiger partial charge < -0.3 is 15.0 Å². The number of ether oxygens (including phenoxy) is 1. The SMILES string of the molecule is CCOC(=O)[C@@H]1CC(c2ccc(C(F)(F)F)cc2)CN1c1ccc(C(=O)NCc2ccc(S(=O)(=O)CC)cc2)cc1. The minimum atomic E-state index is -4.43. The molecule has 1 aliphatic heterocycles. The summed E-state index contributed by atoms with van der Waals surface area (Å²) in [7, 11) is -3.30. The van der Waals surface area contributed by atoms with Gasteiger partial charge in [0.2, 0.25) is 0 Å². The third-order valence-electron chi connectivity index (χ3n) is 7.15. The fraction of sp³-hybridized carbons (Fsp3) is 0.333. The highest BCUT2D eigenvalue weighted by Crippen LogP contribution is 2.37. The average molecular weight is 589 g/mol. The zero-order valence-corrected chi connectivity index (χ0v) is 23.5. The molecular formula is C30H31F3N2O5S. The van der Waals surface area contributed by atoms with Gasteiger partial charge in [0.05, 0.1) is 22.8 Å². The maximum absolute atomic E-state index is 13.0. The highest BCUT2D eigenvalue weighted by Gasteiger charge is 2.39. The second-order valence-corrected chi connectivity index (χ2v) is 12.0. The van der Waals surface area contributed by atoms with Gasteiger partial charge >= 0.3 is 12.1 Å². The normalized spacial score (nSPS) is 17.3. The number of alkyl halides is 3. The Labute approximate surface area is 237 Å². The first-order chi connectivity index (χ1) is 19.4. The van der Waals surface area contributed by atoms with E-state index in [1.165, 1.54) is 24.3 Å². The molecule has 1 heterocycles. The Balaban J connectivity index is 1.44. The van der Waals surface area contributed by atoms with Gasteiger partial charge in [0.1, 0.15) is 6.04 Å². The van der Waals surface area contributed by atoms with Crippen molar-refractivity contribution in [3.63, 3.8) is 0 Å². The number of rotatable bonds is 9.